The summed E-state index contributed by atoms with van der Waals surface area (Å²) in [4.78, 5) is 0.362. The van der Waals surface area contributed by atoms with Crippen LogP contribution < -0.4 is 10.0 Å². The predicted octanol–water partition coefficient (Wildman–Crippen LogP) is 1.50. The molecule has 19 heavy (non-hydrogen) atoms. The lowest BCUT2D eigenvalue weighted by atomic mass is 9.85. The molecular weight excluding hydrogens is 260 g/mol. The highest BCUT2D eigenvalue weighted by atomic mass is 32.2. The molecule has 5 heteroatoms. The molecule has 1 saturated heterocycles. The number of hydrogen-bond acceptors (Lipinski definition) is 3. The molecule has 4 nitrogen and oxygen atoms in total. The molecular formula is C14H20N2O2S. The van der Waals surface area contributed by atoms with E-state index in [4.69, 9.17) is 0 Å². The topological polar surface area (TPSA) is 58.2 Å². The van der Waals surface area contributed by atoms with Crippen LogP contribution in [0.2, 0.25) is 0 Å². The highest BCUT2D eigenvalue weighted by molar-refractivity contribution is 7.89. The van der Waals surface area contributed by atoms with Crippen LogP contribution in [0.4, 0.5) is 0 Å². The molecule has 2 aliphatic rings. The van der Waals surface area contributed by atoms with Crippen molar-refractivity contribution < 1.29 is 8.42 Å². The van der Waals surface area contributed by atoms with E-state index in [1.165, 1.54) is 6.42 Å². The van der Waals surface area contributed by atoms with Gasteiger partial charge in [-0.1, -0.05) is 18.2 Å². The van der Waals surface area contributed by atoms with E-state index in [2.05, 4.69) is 10.0 Å². The lowest BCUT2D eigenvalue weighted by Crippen LogP contribution is -2.34. The standard InChI is InChI=1S/C14H20N2O2S/c17-19(18,13-4-2-1-3-5-13)16-12-6-7-14(10-12)8-9-15-11-14/h1-5,12,15-16H,6-11H2. The average Bonchev–Trinajstić information content (AvgIpc) is 3.01. The van der Waals surface area contributed by atoms with Crippen molar-refractivity contribution in [2.24, 2.45) is 5.41 Å². The molecule has 2 unspecified atom stereocenters. The van der Waals surface area contributed by atoms with E-state index in [1.807, 2.05) is 6.07 Å². The van der Waals surface area contributed by atoms with Gasteiger partial charge in [0.1, 0.15) is 0 Å². The summed E-state index contributed by atoms with van der Waals surface area (Å²) >= 11 is 0. The van der Waals surface area contributed by atoms with E-state index in [1.54, 1.807) is 24.3 Å². The Morgan fingerprint density at radius 3 is 2.68 bits per heavy atom. The number of hydrogen-bond donors (Lipinski definition) is 2. The van der Waals surface area contributed by atoms with Crippen molar-refractivity contribution in [3.8, 4) is 0 Å². The molecule has 2 fully saturated rings. The summed E-state index contributed by atoms with van der Waals surface area (Å²) in [7, 11) is -3.36. The lowest BCUT2D eigenvalue weighted by molar-refractivity contribution is 0.329. The Bertz CT molecular complexity index is 536. The Labute approximate surface area is 114 Å². The number of sulfonamides is 1. The van der Waals surface area contributed by atoms with Crippen molar-refractivity contribution in [3.63, 3.8) is 0 Å². The van der Waals surface area contributed by atoms with Gasteiger partial charge in [-0.25, -0.2) is 13.1 Å². The van der Waals surface area contributed by atoms with E-state index >= 15 is 0 Å². The van der Waals surface area contributed by atoms with Crippen molar-refractivity contribution >= 4 is 10.0 Å². The fraction of sp³-hybridized carbons (Fsp3) is 0.571. The Morgan fingerprint density at radius 2 is 2.00 bits per heavy atom. The van der Waals surface area contributed by atoms with Crippen molar-refractivity contribution in [1.29, 1.82) is 0 Å². The number of benzene rings is 1. The second-order valence-electron chi connectivity index (χ2n) is 5.80. The highest BCUT2D eigenvalue weighted by Crippen LogP contribution is 2.43. The van der Waals surface area contributed by atoms with Crippen molar-refractivity contribution in [1.82, 2.24) is 10.0 Å². The van der Waals surface area contributed by atoms with Crippen LogP contribution in [0.5, 0.6) is 0 Å². The molecule has 0 aromatic heterocycles. The first-order valence-corrected chi connectivity index (χ1v) is 8.36. The smallest absolute Gasteiger partial charge is 0.240 e. The predicted molar refractivity (Wildman–Crippen MR) is 74.3 cm³/mol. The van der Waals surface area contributed by atoms with Gasteiger partial charge in [0, 0.05) is 12.6 Å². The molecule has 3 rings (SSSR count). The molecule has 1 saturated carbocycles. The molecule has 1 aliphatic carbocycles. The van der Waals surface area contributed by atoms with Gasteiger partial charge in [-0.05, 0) is 49.8 Å². The van der Waals surface area contributed by atoms with E-state index in [9.17, 15) is 8.42 Å². The number of nitrogens with one attached hydrogen (secondary N) is 2. The molecule has 1 spiro atoms. The fourth-order valence-corrected chi connectivity index (χ4v) is 4.67. The van der Waals surface area contributed by atoms with Crippen molar-refractivity contribution in [2.45, 2.75) is 36.6 Å². The third-order valence-corrected chi connectivity index (χ3v) is 5.95. The molecule has 0 radical (unpaired) electrons. The Hall–Kier alpha value is -0.910. The quantitative estimate of drug-likeness (QED) is 0.882. The van der Waals surface area contributed by atoms with Crippen LogP contribution >= 0.6 is 0 Å². The summed E-state index contributed by atoms with van der Waals surface area (Å²) in [6.45, 7) is 2.11. The summed E-state index contributed by atoms with van der Waals surface area (Å²) in [6, 6.07) is 8.71. The largest absolute Gasteiger partial charge is 0.316 e. The van der Waals surface area contributed by atoms with Crippen LogP contribution in [-0.4, -0.2) is 27.5 Å². The van der Waals surface area contributed by atoms with Gasteiger partial charge in [-0.15, -0.1) is 0 Å². The summed E-state index contributed by atoms with van der Waals surface area (Å²) < 4.78 is 27.4. The van der Waals surface area contributed by atoms with Gasteiger partial charge in [0.25, 0.3) is 0 Å². The maximum atomic E-state index is 12.3. The fourth-order valence-electron chi connectivity index (χ4n) is 3.38. The third kappa shape index (κ3) is 2.68. The van der Waals surface area contributed by atoms with Gasteiger partial charge in [-0.2, -0.15) is 0 Å². The molecule has 0 amide bonds. The monoisotopic (exact) mass is 280 g/mol. The molecule has 1 aromatic rings. The maximum absolute atomic E-state index is 12.3. The first kappa shape index (κ1) is 13.1. The summed E-state index contributed by atoms with van der Waals surface area (Å²) in [5.74, 6) is 0. The van der Waals surface area contributed by atoms with Crippen LogP contribution in [0.25, 0.3) is 0 Å². The van der Waals surface area contributed by atoms with Crippen molar-refractivity contribution in [3.05, 3.63) is 30.3 Å². The maximum Gasteiger partial charge on any atom is 0.240 e. The van der Waals surface area contributed by atoms with Gasteiger partial charge in [-0.3, -0.25) is 0 Å². The lowest BCUT2D eigenvalue weighted by Gasteiger charge is -2.21. The minimum absolute atomic E-state index is 0.0881. The van der Waals surface area contributed by atoms with Gasteiger partial charge in [0.05, 0.1) is 4.90 Å². The molecule has 2 atom stereocenters. The van der Waals surface area contributed by atoms with Crippen LogP contribution in [0.15, 0.2) is 35.2 Å². The highest BCUT2D eigenvalue weighted by Gasteiger charge is 2.42. The van der Waals surface area contributed by atoms with Crippen LogP contribution in [0.1, 0.15) is 25.7 Å². The molecule has 1 aliphatic heterocycles. The molecule has 2 N–H and O–H groups in total. The zero-order valence-electron chi connectivity index (χ0n) is 10.9. The Morgan fingerprint density at radius 1 is 1.21 bits per heavy atom. The van der Waals surface area contributed by atoms with Gasteiger partial charge >= 0.3 is 0 Å². The molecule has 1 heterocycles. The summed E-state index contributed by atoms with van der Waals surface area (Å²) in [6.07, 6.45) is 4.22. The molecule has 1 aromatic carbocycles. The molecule has 104 valence electrons. The Balaban J connectivity index is 1.69. The van der Waals surface area contributed by atoms with Gasteiger partial charge < -0.3 is 5.32 Å². The van der Waals surface area contributed by atoms with Crippen molar-refractivity contribution in [2.75, 3.05) is 13.1 Å². The van der Waals surface area contributed by atoms with Gasteiger partial charge in [0.2, 0.25) is 10.0 Å². The van der Waals surface area contributed by atoms with Crippen LogP contribution in [0.3, 0.4) is 0 Å². The third-order valence-electron chi connectivity index (χ3n) is 4.41. The zero-order valence-corrected chi connectivity index (χ0v) is 11.7. The Kier molecular flexibility index (Phi) is 3.37. The number of rotatable bonds is 3. The van der Waals surface area contributed by atoms with E-state index in [0.29, 0.717) is 10.3 Å². The van der Waals surface area contributed by atoms with E-state index < -0.39 is 10.0 Å². The average molecular weight is 280 g/mol. The minimum Gasteiger partial charge on any atom is -0.316 e. The minimum atomic E-state index is -3.36. The van der Waals surface area contributed by atoms with E-state index in [-0.39, 0.29) is 6.04 Å². The SMILES string of the molecule is O=S(=O)(NC1CCC2(CCNC2)C1)c1ccccc1. The first-order chi connectivity index (χ1) is 9.10. The second kappa shape index (κ2) is 4.89. The van der Waals surface area contributed by atoms with E-state index in [0.717, 1.165) is 32.4 Å². The molecule has 0 bridgehead atoms. The zero-order chi connectivity index (χ0) is 13.3. The normalized spacial score (nSPS) is 31.1. The van der Waals surface area contributed by atoms with Crippen LogP contribution in [-0.2, 0) is 10.0 Å². The second-order valence-corrected chi connectivity index (χ2v) is 7.51. The van der Waals surface area contributed by atoms with Crippen LogP contribution in [0, 0.1) is 5.41 Å². The summed E-state index contributed by atoms with van der Waals surface area (Å²) in [5.41, 5.74) is 0.337. The summed E-state index contributed by atoms with van der Waals surface area (Å²) in [5, 5.41) is 3.39. The van der Waals surface area contributed by atoms with Gasteiger partial charge in [0.15, 0.2) is 0 Å². The first-order valence-electron chi connectivity index (χ1n) is 6.88.